The number of likely N-dealkylation sites (tertiary alicyclic amines) is 1. The fourth-order valence-electron chi connectivity index (χ4n) is 4.28. The van der Waals surface area contributed by atoms with Gasteiger partial charge in [0, 0.05) is 50.1 Å². The third-order valence-electron chi connectivity index (χ3n) is 6.06. The zero-order valence-corrected chi connectivity index (χ0v) is 17.7. The highest BCUT2D eigenvalue weighted by Gasteiger charge is 2.32. The number of nitrogens with zero attached hydrogens (tertiary/aromatic N) is 5. The van der Waals surface area contributed by atoms with Crippen molar-refractivity contribution in [2.45, 2.75) is 65.0 Å². The molecule has 0 spiro atoms. The van der Waals surface area contributed by atoms with Crippen LogP contribution in [-0.4, -0.2) is 57.1 Å². The quantitative estimate of drug-likeness (QED) is 0.795. The third-order valence-corrected chi connectivity index (χ3v) is 6.06. The number of amides is 1. The minimum Gasteiger partial charge on any atom is -0.360 e. The van der Waals surface area contributed by atoms with Crippen molar-refractivity contribution in [2.24, 2.45) is 0 Å². The standard InChI is InChI=1S/C21H31N5O2/c1-14-22-19(17-13-24(5)10-11-26(14)17)15-6-8-25(9-7-15)20(27)16-12-18(28-23-16)21(2,3)4/h12,15H,6-11,13H2,1-5H3. The van der Waals surface area contributed by atoms with Crippen molar-refractivity contribution in [3.05, 3.63) is 34.7 Å². The van der Waals surface area contributed by atoms with Crippen LogP contribution in [0, 0.1) is 6.92 Å². The summed E-state index contributed by atoms with van der Waals surface area (Å²) in [7, 11) is 2.17. The number of hydrogen-bond donors (Lipinski definition) is 0. The van der Waals surface area contributed by atoms with E-state index in [0.717, 1.165) is 57.2 Å². The molecule has 2 aromatic heterocycles. The first kappa shape index (κ1) is 19.2. The van der Waals surface area contributed by atoms with Gasteiger partial charge in [-0.1, -0.05) is 25.9 Å². The average molecular weight is 386 g/mol. The second kappa shape index (κ2) is 7.03. The minimum atomic E-state index is -0.149. The van der Waals surface area contributed by atoms with E-state index in [0.29, 0.717) is 11.6 Å². The van der Waals surface area contributed by atoms with Gasteiger partial charge in [0.1, 0.15) is 11.6 Å². The van der Waals surface area contributed by atoms with Crippen molar-refractivity contribution < 1.29 is 9.32 Å². The predicted molar refractivity (Wildman–Crippen MR) is 106 cm³/mol. The molecule has 2 aliphatic heterocycles. The van der Waals surface area contributed by atoms with Gasteiger partial charge in [0.25, 0.3) is 5.91 Å². The summed E-state index contributed by atoms with van der Waals surface area (Å²) in [6, 6.07) is 1.79. The van der Waals surface area contributed by atoms with E-state index in [1.807, 2.05) is 4.90 Å². The molecular formula is C21H31N5O2. The van der Waals surface area contributed by atoms with Crippen molar-refractivity contribution in [1.29, 1.82) is 0 Å². The Hall–Kier alpha value is -2.15. The van der Waals surface area contributed by atoms with Gasteiger partial charge in [0.15, 0.2) is 5.69 Å². The van der Waals surface area contributed by atoms with E-state index in [2.05, 4.69) is 49.4 Å². The Morgan fingerprint density at radius 3 is 2.54 bits per heavy atom. The summed E-state index contributed by atoms with van der Waals surface area (Å²) in [5.41, 5.74) is 2.87. The van der Waals surface area contributed by atoms with Crippen LogP contribution in [0.1, 0.15) is 73.0 Å². The molecular weight excluding hydrogens is 354 g/mol. The van der Waals surface area contributed by atoms with Crippen molar-refractivity contribution in [3.8, 4) is 0 Å². The maximum Gasteiger partial charge on any atom is 0.276 e. The normalized spacial score (nSPS) is 19.1. The SMILES string of the molecule is Cc1nc(C2CCN(C(=O)c3cc(C(C)(C)C)on3)CC2)c2n1CCN(C)C2. The highest BCUT2D eigenvalue weighted by atomic mass is 16.5. The molecule has 0 unspecified atom stereocenters. The van der Waals surface area contributed by atoms with E-state index in [1.54, 1.807) is 6.07 Å². The van der Waals surface area contributed by atoms with E-state index < -0.39 is 0 Å². The fraction of sp³-hybridized carbons (Fsp3) is 0.667. The summed E-state index contributed by atoms with van der Waals surface area (Å²) >= 11 is 0. The van der Waals surface area contributed by atoms with Gasteiger partial charge in [0.2, 0.25) is 0 Å². The summed E-state index contributed by atoms with van der Waals surface area (Å²) in [4.78, 5) is 22.0. The molecule has 1 saturated heterocycles. The van der Waals surface area contributed by atoms with Gasteiger partial charge < -0.3 is 14.0 Å². The molecule has 4 heterocycles. The van der Waals surface area contributed by atoms with Crippen molar-refractivity contribution in [3.63, 3.8) is 0 Å². The van der Waals surface area contributed by atoms with Gasteiger partial charge in [-0.25, -0.2) is 4.98 Å². The molecule has 1 fully saturated rings. The van der Waals surface area contributed by atoms with Crippen LogP contribution in [0.3, 0.4) is 0 Å². The van der Waals surface area contributed by atoms with Crippen molar-refractivity contribution >= 4 is 5.91 Å². The Balaban J connectivity index is 1.44. The molecule has 0 aromatic carbocycles. The summed E-state index contributed by atoms with van der Waals surface area (Å²) in [6.45, 7) is 12.8. The number of aromatic nitrogens is 3. The molecule has 28 heavy (non-hydrogen) atoms. The molecule has 4 rings (SSSR count). The molecule has 0 saturated carbocycles. The highest BCUT2D eigenvalue weighted by molar-refractivity contribution is 5.92. The Labute approximate surface area is 166 Å². The summed E-state index contributed by atoms with van der Waals surface area (Å²) in [6.07, 6.45) is 1.89. The van der Waals surface area contributed by atoms with Crippen molar-refractivity contribution in [2.75, 3.05) is 26.7 Å². The van der Waals surface area contributed by atoms with Crippen LogP contribution in [0.4, 0.5) is 0 Å². The molecule has 0 atom stereocenters. The lowest BCUT2D eigenvalue weighted by molar-refractivity contribution is 0.0701. The largest absolute Gasteiger partial charge is 0.360 e. The van der Waals surface area contributed by atoms with Gasteiger partial charge in [-0.15, -0.1) is 0 Å². The molecule has 1 amide bonds. The molecule has 0 radical (unpaired) electrons. The van der Waals surface area contributed by atoms with Crippen LogP contribution in [0.25, 0.3) is 0 Å². The van der Waals surface area contributed by atoms with E-state index >= 15 is 0 Å². The molecule has 7 nitrogen and oxygen atoms in total. The van der Waals surface area contributed by atoms with E-state index in [-0.39, 0.29) is 11.3 Å². The summed E-state index contributed by atoms with van der Waals surface area (Å²) in [5.74, 6) is 2.26. The van der Waals surface area contributed by atoms with Crippen LogP contribution >= 0.6 is 0 Å². The Bertz CT molecular complexity index is 868. The summed E-state index contributed by atoms with van der Waals surface area (Å²) in [5, 5.41) is 4.02. The minimum absolute atomic E-state index is 0.0273. The van der Waals surface area contributed by atoms with Gasteiger partial charge >= 0.3 is 0 Å². The lowest BCUT2D eigenvalue weighted by atomic mass is 9.91. The first-order chi connectivity index (χ1) is 13.2. The van der Waals surface area contributed by atoms with Crippen LogP contribution in [-0.2, 0) is 18.5 Å². The van der Waals surface area contributed by atoms with Crippen LogP contribution in [0.2, 0.25) is 0 Å². The first-order valence-corrected chi connectivity index (χ1v) is 10.2. The zero-order valence-electron chi connectivity index (χ0n) is 17.7. The Morgan fingerprint density at radius 2 is 1.89 bits per heavy atom. The van der Waals surface area contributed by atoms with Gasteiger partial charge in [-0.3, -0.25) is 9.69 Å². The van der Waals surface area contributed by atoms with Crippen LogP contribution in [0.15, 0.2) is 10.6 Å². The van der Waals surface area contributed by atoms with E-state index in [9.17, 15) is 4.79 Å². The molecule has 0 bridgehead atoms. The molecule has 7 heteroatoms. The smallest absolute Gasteiger partial charge is 0.276 e. The van der Waals surface area contributed by atoms with E-state index in [1.165, 1.54) is 11.4 Å². The lowest BCUT2D eigenvalue weighted by Gasteiger charge is -2.32. The number of rotatable bonds is 2. The summed E-state index contributed by atoms with van der Waals surface area (Å²) < 4.78 is 7.76. The third kappa shape index (κ3) is 3.48. The van der Waals surface area contributed by atoms with Crippen LogP contribution in [0.5, 0.6) is 0 Å². The number of carbonyl (C=O) groups excluding carboxylic acids is 1. The lowest BCUT2D eigenvalue weighted by Crippen LogP contribution is -2.38. The number of piperidine rings is 1. The van der Waals surface area contributed by atoms with E-state index in [4.69, 9.17) is 9.51 Å². The second-order valence-electron chi connectivity index (χ2n) is 9.27. The molecule has 152 valence electrons. The topological polar surface area (TPSA) is 67.4 Å². The first-order valence-electron chi connectivity index (χ1n) is 10.2. The Kier molecular flexibility index (Phi) is 4.81. The number of likely N-dealkylation sites (N-methyl/N-ethyl adjacent to an activating group) is 1. The fourth-order valence-corrected chi connectivity index (χ4v) is 4.28. The van der Waals surface area contributed by atoms with Gasteiger partial charge in [-0.05, 0) is 26.8 Å². The number of hydrogen-bond acceptors (Lipinski definition) is 5. The molecule has 0 aliphatic carbocycles. The van der Waals surface area contributed by atoms with Crippen molar-refractivity contribution in [1.82, 2.24) is 24.5 Å². The Morgan fingerprint density at radius 1 is 1.18 bits per heavy atom. The molecule has 2 aliphatic rings. The predicted octanol–water partition coefficient (Wildman–Crippen LogP) is 2.94. The maximum atomic E-state index is 12.8. The highest BCUT2D eigenvalue weighted by Crippen LogP contribution is 2.33. The van der Waals surface area contributed by atoms with Crippen LogP contribution < -0.4 is 0 Å². The number of aryl methyl sites for hydroxylation is 1. The second-order valence-corrected chi connectivity index (χ2v) is 9.27. The maximum absolute atomic E-state index is 12.8. The number of fused-ring (bicyclic) bond motifs is 1. The zero-order chi connectivity index (χ0) is 20.1. The average Bonchev–Trinajstić information content (AvgIpc) is 3.27. The van der Waals surface area contributed by atoms with Gasteiger partial charge in [-0.2, -0.15) is 0 Å². The molecule has 2 aromatic rings. The number of carbonyl (C=O) groups is 1. The monoisotopic (exact) mass is 385 g/mol. The van der Waals surface area contributed by atoms with Gasteiger partial charge in [0.05, 0.1) is 11.4 Å². The molecule has 0 N–H and O–H groups in total. The number of imidazole rings is 1.